The van der Waals surface area contributed by atoms with Gasteiger partial charge < -0.3 is 4.52 Å². The van der Waals surface area contributed by atoms with E-state index in [1.165, 1.54) is 0 Å². The number of thioether (sulfide) groups is 1. The lowest BCUT2D eigenvalue weighted by Gasteiger charge is -2.04. The molecular weight excluding hydrogens is 268 g/mol. The molecule has 0 spiro atoms. The SMILES string of the molecule is Cc1noc(C)c1CSc1ccc(C#N)cc1Cl. The molecule has 0 fully saturated rings. The molecule has 0 aliphatic carbocycles. The second-order valence-corrected chi connectivity index (χ2v) is 5.27. The monoisotopic (exact) mass is 278 g/mol. The summed E-state index contributed by atoms with van der Waals surface area (Å²) in [6, 6.07) is 7.37. The van der Waals surface area contributed by atoms with Gasteiger partial charge in [0.1, 0.15) is 5.76 Å². The van der Waals surface area contributed by atoms with E-state index in [1.54, 1.807) is 23.9 Å². The van der Waals surface area contributed by atoms with Gasteiger partial charge in [0, 0.05) is 16.2 Å². The van der Waals surface area contributed by atoms with Crippen molar-refractivity contribution in [2.75, 3.05) is 0 Å². The molecular formula is C13H11ClN2OS. The lowest BCUT2D eigenvalue weighted by atomic mass is 10.2. The average Bonchev–Trinajstić information content (AvgIpc) is 2.68. The van der Waals surface area contributed by atoms with Gasteiger partial charge in [0.2, 0.25) is 0 Å². The lowest BCUT2D eigenvalue weighted by molar-refractivity contribution is 0.392. The standard InChI is InChI=1S/C13H11ClN2OS/c1-8-11(9(2)17-16-8)7-18-13-4-3-10(6-15)5-12(13)14/h3-5H,7H2,1-2H3. The number of rotatable bonds is 3. The van der Waals surface area contributed by atoms with Crippen LogP contribution in [-0.4, -0.2) is 5.16 Å². The summed E-state index contributed by atoms with van der Waals surface area (Å²) in [4.78, 5) is 0.954. The molecule has 0 atom stereocenters. The highest BCUT2D eigenvalue weighted by atomic mass is 35.5. The quantitative estimate of drug-likeness (QED) is 0.793. The molecule has 92 valence electrons. The fourth-order valence-corrected chi connectivity index (χ4v) is 2.96. The highest BCUT2D eigenvalue weighted by Gasteiger charge is 2.10. The van der Waals surface area contributed by atoms with Crippen molar-refractivity contribution in [2.45, 2.75) is 24.5 Å². The third kappa shape index (κ3) is 2.69. The van der Waals surface area contributed by atoms with Gasteiger partial charge in [-0.1, -0.05) is 16.8 Å². The Morgan fingerprint density at radius 3 is 2.78 bits per heavy atom. The number of hydrogen-bond acceptors (Lipinski definition) is 4. The molecule has 0 bridgehead atoms. The van der Waals surface area contributed by atoms with Crippen molar-refractivity contribution >= 4 is 23.4 Å². The van der Waals surface area contributed by atoms with E-state index in [-0.39, 0.29) is 0 Å². The molecule has 0 aliphatic heterocycles. The van der Waals surface area contributed by atoms with E-state index in [9.17, 15) is 0 Å². The number of aryl methyl sites for hydroxylation is 2. The Hall–Kier alpha value is -1.44. The molecule has 2 rings (SSSR count). The number of halogens is 1. The zero-order chi connectivity index (χ0) is 13.1. The van der Waals surface area contributed by atoms with Crippen molar-refractivity contribution in [1.29, 1.82) is 5.26 Å². The topological polar surface area (TPSA) is 49.8 Å². The molecule has 0 radical (unpaired) electrons. The van der Waals surface area contributed by atoms with Crippen molar-refractivity contribution in [3.63, 3.8) is 0 Å². The summed E-state index contributed by atoms with van der Waals surface area (Å²) < 4.78 is 5.11. The molecule has 2 aromatic rings. The molecule has 18 heavy (non-hydrogen) atoms. The lowest BCUT2D eigenvalue weighted by Crippen LogP contribution is -1.86. The Balaban J connectivity index is 2.14. The first-order valence-corrected chi connectivity index (χ1v) is 6.72. The highest BCUT2D eigenvalue weighted by Crippen LogP contribution is 2.31. The minimum Gasteiger partial charge on any atom is -0.361 e. The van der Waals surface area contributed by atoms with Crippen LogP contribution in [-0.2, 0) is 5.75 Å². The number of hydrogen-bond donors (Lipinski definition) is 0. The van der Waals surface area contributed by atoms with E-state index < -0.39 is 0 Å². The van der Waals surface area contributed by atoms with Gasteiger partial charge >= 0.3 is 0 Å². The summed E-state index contributed by atoms with van der Waals surface area (Å²) >= 11 is 7.73. The first-order chi connectivity index (χ1) is 8.61. The first kappa shape index (κ1) is 13.0. The average molecular weight is 279 g/mol. The maximum Gasteiger partial charge on any atom is 0.137 e. The van der Waals surface area contributed by atoms with Gasteiger partial charge in [0.15, 0.2) is 0 Å². The van der Waals surface area contributed by atoms with Crippen LogP contribution in [0.1, 0.15) is 22.6 Å². The summed E-state index contributed by atoms with van der Waals surface area (Å²) in [5.74, 6) is 1.59. The Bertz CT molecular complexity index is 596. The third-order valence-electron chi connectivity index (χ3n) is 2.61. The summed E-state index contributed by atoms with van der Waals surface area (Å²) in [7, 11) is 0. The fourth-order valence-electron chi connectivity index (χ4n) is 1.55. The van der Waals surface area contributed by atoms with Crippen LogP contribution in [0.4, 0.5) is 0 Å². The van der Waals surface area contributed by atoms with Crippen LogP contribution in [0.15, 0.2) is 27.6 Å². The van der Waals surface area contributed by atoms with Crippen molar-refractivity contribution in [2.24, 2.45) is 0 Å². The first-order valence-electron chi connectivity index (χ1n) is 5.36. The summed E-state index contributed by atoms with van der Waals surface area (Å²) in [6.45, 7) is 3.82. The van der Waals surface area contributed by atoms with Crippen LogP contribution in [0.3, 0.4) is 0 Å². The zero-order valence-corrected chi connectivity index (χ0v) is 11.6. The molecule has 0 aliphatic rings. The van der Waals surface area contributed by atoms with Crippen molar-refractivity contribution in [1.82, 2.24) is 5.16 Å². The highest BCUT2D eigenvalue weighted by molar-refractivity contribution is 7.98. The Morgan fingerprint density at radius 1 is 1.44 bits per heavy atom. The van der Waals surface area contributed by atoms with Gasteiger partial charge in [0.05, 0.1) is 22.3 Å². The molecule has 0 saturated heterocycles. The Morgan fingerprint density at radius 2 is 2.22 bits per heavy atom. The molecule has 0 N–H and O–H groups in total. The Labute approximate surface area is 115 Å². The van der Waals surface area contributed by atoms with Crippen LogP contribution in [0.2, 0.25) is 5.02 Å². The second-order valence-electron chi connectivity index (χ2n) is 3.85. The maximum atomic E-state index is 8.77. The van der Waals surface area contributed by atoms with E-state index >= 15 is 0 Å². The van der Waals surface area contributed by atoms with E-state index in [1.807, 2.05) is 19.9 Å². The van der Waals surface area contributed by atoms with Gasteiger partial charge in [-0.15, -0.1) is 11.8 Å². The van der Waals surface area contributed by atoms with Crippen LogP contribution < -0.4 is 0 Å². The summed E-state index contributed by atoms with van der Waals surface area (Å²) in [6.07, 6.45) is 0. The number of benzene rings is 1. The van der Waals surface area contributed by atoms with Crippen LogP contribution in [0, 0.1) is 25.2 Å². The summed E-state index contributed by atoms with van der Waals surface area (Å²) in [5, 5.41) is 13.3. The summed E-state index contributed by atoms with van der Waals surface area (Å²) in [5.41, 5.74) is 2.58. The molecule has 1 heterocycles. The van der Waals surface area contributed by atoms with Gasteiger partial charge in [-0.05, 0) is 32.0 Å². The second kappa shape index (κ2) is 5.47. The molecule has 5 heteroatoms. The molecule has 0 unspecified atom stereocenters. The zero-order valence-electron chi connectivity index (χ0n) is 10.0. The largest absolute Gasteiger partial charge is 0.361 e. The normalized spacial score (nSPS) is 10.3. The van der Waals surface area contributed by atoms with E-state index in [0.29, 0.717) is 10.6 Å². The van der Waals surface area contributed by atoms with Crippen LogP contribution >= 0.6 is 23.4 Å². The smallest absolute Gasteiger partial charge is 0.137 e. The van der Waals surface area contributed by atoms with Crippen molar-refractivity contribution in [3.8, 4) is 6.07 Å². The van der Waals surface area contributed by atoms with Gasteiger partial charge in [-0.2, -0.15) is 5.26 Å². The third-order valence-corrected chi connectivity index (χ3v) is 4.14. The van der Waals surface area contributed by atoms with E-state index in [0.717, 1.165) is 27.7 Å². The number of nitrogens with zero attached hydrogens (tertiary/aromatic N) is 2. The van der Waals surface area contributed by atoms with E-state index in [2.05, 4.69) is 11.2 Å². The predicted octanol–water partition coefficient (Wildman–Crippen LogP) is 4.11. The van der Waals surface area contributed by atoms with Crippen molar-refractivity contribution in [3.05, 3.63) is 45.8 Å². The minimum absolute atomic E-state index is 0.571. The molecule has 0 saturated carbocycles. The Kier molecular flexibility index (Phi) is 3.95. The molecule has 1 aromatic heterocycles. The number of aromatic nitrogens is 1. The van der Waals surface area contributed by atoms with E-state index in [4.69, 9.17) is 21.4 Å². The maximum absolute atomic E-state index is 8.77. The van der Waals surface area contributed by atoms with Gasteiger partial charge in [0.25, 0.3) is 0 Å². The molecule has 1 aromatic carbocycles. The fraction of sp³-hybridized carbons (Fsp3) is 0.231. The number of nitriles is 1. The molecule has 3 nitrogen and oxygen atoms in total. The van der Waals surface area contributed by atoms with Gasteiger partial charge in [-0.3, -0.25) is 0 Å². The molecule has 0 amide bonds. The van der Waals surface area contributed by atoms with Crippen molar-refractivity contribution < 1.29 is 4.52 Å². The van der Waals surface area contributed by atoms with Gasteiger partial charge in [-0.25, -0.2) is 0 Å². The van der Waals surface area contributed by atoms with Crippen LogP contribution in [0.5, 0.6) is 0 Å². The van der Waals surface area contributed by atoms with Crippen LogP contribution in [0.25, 0.3) is 0 Å². The minimum atomic E-state index is 0.571. The predicted molar refractivity (Wildman–Crippen MR) is 71.7 cm³/mol.